The van der Waals surface area contributed by atoms with E-state index in [-0.39, 0.29) is 18.5 Å². The highest BCUT2D eigenvalue weighted by Crippen LogP contribution is 2.22. The van der Waals surface area contributed by atoms with Gasteiger partial charge in [0.1, 0.15) is 12.4 Å². The number of hydrogen-bond acceptors (Lipinski definition) is 4. The van der Waals surface area contributed by atoms with Crippen molar-refractivity contribution in [2.24, 2.45) is 5.92 Å². The van der Waals surface area contributed by atoms with E-state index in [1.807, 2.05) is 38.1 Å². The number of nitrogens with one attached hydrogen (secondary N) is 3. The topological polar surface area (TPSA) is 113 Å². The zero-order valence-corrected chi connectivity index (χ0v) is 16.1. The summed E-state index contributed by atoms with van der Waals surface area (Å²) in [6, 6.07) is 13.9. The van der Waals surface area contributed by atoms with Crippen LogP contribution in [0.3, 0.4) is 0 Å². The van der Waals surface area contributed by atoms with Crippen molar-refractivity contribution in [1.29, 1.82) is 0 Å². The molecule has 0 fully saturated rings. The Labute approximate surface area is 165 Å². The van der Waals surface area contributed by atoms with Gasteiger partial charge in [-0.25, -0.2) is 9.78 Å². The minimum Gasteiger partial charge on any atom is -0.344 e. The Hall–Kier alpha value is -3.68. The summed E-state index contributed by atoms with van der Waals surface area (Å²) < 4.78 is 0.910. The standard InChI is InChI=1S/C21H21N5O3/c1-12(2)18(19-22-15-9-5-6-10-16(15)23-19)25-17(27)11-26-20(28)13-7-3-4-8-14(13)24-21(26)29/h3-10,12,18H,11H2,1-2H3,(H,22,23)(H,24,29)(H,25,27)/t18-/m0/s1. The van der Waals surface area contributed by atoms with Gasteiger partial charge in [0, 0.05) is 0 Å². The highest BCUT2D eigenvalue weighted by atomic mass is 16.2. The number of nitrogens with zero attached hydrogens (tertiary/aromatic N) is 2. The van der Waals surface area contributed by atoms with E-state index in [0.29, 0.717) is 16.7 Å². The van der Waals surface area contributed by atoms with Crippen LogP contribution in [0.2, 0.25) is 0 Å². The second-order valence-corrected chi connectivity index (χ2v) is 7.30. The van der Waals surface area contributed by atoms with Crippen molar-refractivity contribution in [3.63, 3.8) is 0 Å². The maximum absolute atomic E-state index is 12.7. The quantitative estimate of drug-likeness (QED) is 0.483. The Kier molecular flexibility index (Phi) is 4.75. The third-order valence-corrected chi connectivity index (χ3v) is 4.88. The number of benzene rings is 2. The fraction of sp³-hybridized carbons (Fsp3) is 0.238. The van der Waals surface area contributed by atoms with Gasteiger partial charge in [-0.1, -0.05) is 38.1 Å². The molecule has 8 nitrogen and oxygen atoms in total. The van der Waals surface area contributed by atoms with Gasteiger partial charge in [-0.3, -0.25) is 14.2 Å². The Morgan fingerprint density at radius 3 is 2.45 bits per heavy atom. The van der Waals surface area contributed by atoms with Crippen molar-refractivity contribution >= 4 is 27.8 Å². The number of amides is 1. The molecule has 2 aromatic carbocycles. The summed E-state index contributed by atoms with van der Waals surface area (Å²) in [4.78, 5) is 48.1. The van der Waals surface area contributed by atoms with Crippen LogP contribution in [0.25, 0.3) is 21.9 Å². The molecule has 3 N–H and O–H groups in total. The Morgan fingerprint density at radius 1 is 1.03 bits per heavy atom. The lowest BCUT2D eigenvalue weighted by Gasteiger charge is -2.20. The van der Waals surface area contributed by atoms with Gasteiger partial charge < -0.3 is 15.3 Å². The average molecular weight is 391 g/mol. The zero-order chi connectivity index (χ0) is 20.5. The molecule has 2 heterocycles. The maximum atomic E-state index is 12.7. The number of rotatable bonds is 5. The van der Waals surface area contributed by atoms with E-state index < -0.39 is 17.2 Å². The average Bonchev–Trinajstić information content (AvgIpc) is 3.13. The second kappa shape index (κ2) is 7.38. The molecule has 0 radical (unpaired) electrons. The van der Waals surface area contributed by atoms with Crippen LogP contribution in [0.4, 0.5) is 0 Å². The lowest BCUT2D eigenvalue weighted by molar-refractivity contribution is -0.122. The molecular formula is C21H21N5O3. The molecule has 0 aliphatic carbocycles. The first kappa shape index (κ1) is 18.7. The van der Waals surface area contributed by atoms with Gasteiger partial charge in [0.25, 0.3) is 5.56 Å². The number of para-hydroxylation sites is 3. The monoisotopic (exact) mass is 391 g/mol. The molecule has 4 aromatic rings. The fourth-order valence-corrected chi connectivity index (χ4v) is 3.38. The van der Waals surface area contributed by atoms with Gasteiger partial charge in [0.15, 0.2) is 0 Å². The van der Waals surface area contributed by atoms with E-state index in [2.05, 4.69) is 20.3 Å². The van der Waals surface area contributed by atoms with E-state index in [1.54, 1.807) is 24.3 Å². The number of carbonyl (C=O) groups excluding carboxylic acids is 1. The first-order valence-electron chi connectivity index (χ1n) is 9.40. The van der Waals surface area contributed by atoms with Crippen molar-refractivity contribution in [2.75, 3.05) is 0 Å². The molecule has 0 bridgehead atoms. The summed E-state index contributed by atoms with van der Waals surface area (Å²) in [7, 11) is 0. The highest BCUT2D eigenvalue weighted by molar-refractivity contribution is 5.79. The number of fused-ring (bicyclic) bond motifs is 2. The second-order valence-electron chi connectivity index (χ2n) is 7.30. The van der Waals surface area contributed by atoms with E-state index in [9.17, 15) is 14.4 Å². The van der Waals surface area contributed by atoms with Gasteiger partial charge >= 0.3 is 5.69 Å². The van der Waals surface area contributed by atoms with E-state index in [1.165, 1.54) is 0 Å². The van der Waals surface area contributed by atoms with Gasteiger partial charge in [0.2, 0.25) is 5.91 Å². The molecule has 148 valence electrons. The summed E-state index contributed by atoms with van der Waals surface area (Å²) in [5.74, 6) is 0.243. The predicted octanol–water partition coefficient (Wildman–Crippen LogP) is 2.08. The predicted molar refractivity (Wildman–Crippen MR) is 111 cm³/mol. The minimum absolute atomic E-state index is 0.0473. The molecule has 1 atom stereocenters. The number of carbonyl (C=O) groups is 1. The Bertz CT molecular complexity index is 1280. The third-order valence-electron chi connectivity index (χ3n) is 4.88. The van der Waals surface area contributed by atoms with Crippen LogP contribution < -0.4 is 16.6 Å². The largest absolute Gasteiger partial charge is 0.344 e. The molecule has 2 aromatic heterocycles. The minimum atomic E-state index is -0.617. The number of imidazole rings is 1. The van der Waals surface area contributed by atoms with E-state index in [0.717, 1.165) is 15.6 Å². The maximum Gasteiger partial charge on any atom is 0.329 e. The van der Waals surface area contributed by atoms with E-state index >= 15 is 0 Å². The SMILES string of the molecule is CC(C)[C@H](NC(=O)Cn1c(=O)[nH]c2ccccc2c1=O)c1nc2ccccc2[nH]1. The lowest BCUT2D eigenvalue weighted by atomic mass is 10.0. The van der Waals surface area contributed by atoms with Gasteiger partial charge in [-0.2, -0.15) is 0 Å². The summed E-state index contributed by atoms with van der Waals surface area (Å²) in [5, 5.41) is 3.26. The first-order chi connectivity index (χ1) is 13.9. The van der Waals surface area contributed by atoms with Crippen LogP contribution in [-0.4, -0.2) is 25.4 Å². The van der Waals surface area contributed by atoms with Crippen LogP contribution in [-0.2, 0) is 11.3 Å². The smallest absolute Gasteiger partial charge is 0.329 e. The Morgan fingerprint density at radius 2 is 1.72 bits per heavy atom. The zero-order valence-electron chi connectivity index (χ0n) is 16.1. The number of hydrogen-bond donors (Lipinski definition) is 3. The van der Waals surface area contributed by atoms with Crippen molar-refractivity contribution in [3.8, 4) is 0 Å². The normalized spacial score (nSPS) is 12.5. The summed E-state index contributed by atoms with van der Waals surface area (Å²) in [6.45, 7) is 3.56. The molecule has 0 aliphatic rings. The summed E-state index contributed by atoms with van der Waals surface area (Å²) >= 11 is 0. The van der Waals surface area contributed by atoms with Crippen LogP contribution in [0.15, 0.2) is 58.1 Å². The fourth-order valence-electron chi connectivity index (χ4n) is 3.38. The van der Waals surface area contributed by atoms with Crippen LogP contribution >= 0.6 is 0 Å². The van der Waals surface area contributed by atoms with Crippen LogP contribution in [0.5, 0.6) is 0 Å². The van der Waals surface area contributed by atoms with Gasteiger partial charge in [-0.05, 0) is 30.2 Å². The molecule has 0 aliphatic heterocycles. The number of aromatic nitrogens is 4. The molecule has 29 heavy (non-hydrogen) atoms. The van der Waals surface area contributed by atoms with Gasteiger partial charge in [0.05, 0.1) is 28.0 Å². The molecule has 1 amide bonds. The van der Waals surface area contributed by atoms with Gasteiger partial charge in [-0.15, -0.1) is 0 Å². The first-order valence-corrected chi connectivity index (χ1v) is 9.40. The van der Waals surface area contributed by atoms with E-state index in [4.69, 9.17) is 0 Å². The number of aromatic amines is 2. The van der Waals surface area contributed by atoms with Crippen LogP contribution in [0, 0.1) is 5.92 Å². The Balaban J connectivity index is 1.62. The van der Waals surface area contributed by atoms with Crippen LogP contribution in [0.1, 0.15) is 25.7 Å². The lowest BCUT2D eigenvalue weighted by Crippen LogP contribution is -2.42. The molecule has 8 heteroatoms. The number of H-pyrrole nitrogens is 2. The molecule has 0 spiro atoms. The molecule has 0 unspecified atom stereocenters. The molecule has 0 saturated heterocycles. The molecule has 0 saturated carbocycles. The third kappa shape index (κ3) is 3.56. The van der Waals surface area contributed by atoms with Crippen molar-refractivity contribution in [2.45, 2.75) is 26.4 Å². The molecule has 4 rings (SSSR count). The summed E-state index contributed by atoms with van der Waals surface area (Å²) in [6.07, 6.45) is 0. The van der Waals surface area contributed by atoms with Crippen molar-refractivity contribution < 1.29 is 4.79 Å². The molecular weight excluding hydrogens is 370 g/mol. The highest BCUT2D eigenvalue weighted by Gasteiger charge is 2.22. The van der Waals surface area contributed by atoms with Crippen molar-refractivity contribution in [1.82, 2.24) is 24.8 Å². The summed E-state index contributed by atoms with van der Waals surface area (Å²) in [5.41, 5.74) is 1.02. The van der Waals surface area contributed by atoms with Crippen molar-refractivity contribution in [3.05, 3.63) is 75.2 Å².